The molecule has 0 bridgehead atoms. The third-order valence-corrected chi connectivity index (χ3v) is 5.63. The zero-order chi connectivity index (χ0) is 23.5. The molecule has 0 spiro atoms. The lowest BCUT2D eigenvalue weighted by molar-refractivity contribution is -0.143. The van der Waals surface area contributed by atoms with Crippen LogP contribution in [0.15, 0.2) is 48.7 Å². The number of ether oxygens (including phenoxy) is 1. The number of carbonyl (C=O) groups excluding carboxylic acids is 1. The van der Waals surface area contributed by atoms with Crippen LogP contribution in [-0.4, -0.2) is 48.7 Å². The molecule has 2 aromatic rings. The van der Waals surface area contributed by atoms with E-state index in [0.717, 1.165) is 4.57 Å². The summed E-state index contributed by atoms with van der Waals surface area (Å²) in [5, 5.41) is 3.34. The van der Waals surface area contributed by atoms with Crippen LogP contribution in [0.25, 0.3) is 11.1 Å². The molecule has 1 aliphatic heterocycles. The van der Waals surface area contributed by atoms with Gasteiger partial charge in [0.15, 0.2) is 0 Å². The van der Waals surface area contributed by atoms with Crippen LogP contribution >= 0.6 is 11.6 Å². The fourth-order valence-corrected chi connectivity index (χ4v) is 4.03. The fourth-order valence-electron chi connectivity index (χ4n) is 3.91. The maximum atomic E-state index is 14.3. The molecule has 0 saturated carbocycles. The summed E-state index contributed by atoms with van der Waals surface area (Å²) in [6.07, 6.45) is -1.60. The summed E-state index contributed by atoms with van der Waals surface area (Å²) in [5.41, 5.74) is 0.351. The number of morpholine rings is 1. The maximum Gasteiger partial charge on any atom is 0.431 e. The van der Waals surface area contributed by atoms with E-state index in [4.69, 9.17) is 16.3 Å². The molecule has 2 heterocycles. The second-order valence-corrected chi connectivity index (χ2v) is 7.81. The first-order valence-corrected chi connectivity index (χ1v) is 10.5. The van der Waals surface area contributed by atoms with Crippen molar-refractivity contribution in [2.24, 2.45) is 0 Å². The molecule has 0 radical (unpaired) electrons. The van der Waals surface area contributed by atoms with Crippen molar-refractivity contribution in [3.63, 3.8) is 0 Å². The number of carbonyl (C=O) groups is 1. The predicted molar refractivity (Wildman–Crippen MR) is 119 cm³/mol. The first-order chi connectivity index (χ1) is 15.2. The molecule has 3 rings (SSSR count). The largest absolute Gasteiger partial charge is 0.431 e. The zero-order valence-corrected chi connectivity index (χ0v) is 18.7. The third-order valence-electron chi connectivity index (χ3n) is 5.38. The second kappa shape index (κ2) is 9.83. The van der Waals surface area contributed by atoms with Gasteiger partial charge in [-0.25, -0.2) is 0 Å². The van der Waals surface area contributed by atoms with Crippen LogP contribution in [0.2, 0.25) is 5.02 Å². The van der Waals surface area contributed by atoms with E-state index >= 15 is 0 Å². The lowest BCUT2D eigenvalue weighted by Crippen LogP contribution is -2.42. The number of allylic oxidation sites excluding steroid dienone is 3. The highest BCUT2D eigenvalue weighted by molar-refractivity contribution is 6.30. The summed E-state index contributed by atoms with van der Waals surface area (Å²) < 4.78 is 49.2. The van der Waals surface area contributed by atoms with E-state index < -0.39 is 17.8 Å². The number of nitrogens with one attached hydrogen (secondary N) is 1. The highest BCUT2D eigenvalue weighted by atomic mass is 35.5. The van der Waals surface area contributed by atoms with E-state index in [1.165, 1.54) is 17.9 Å². The summed E-state index contributed by atoms with van der Waals surface area (Å²) in [4.78, 5) is 15.1. The van der Waals surface area contributed by atoms with E-state index in [1.54, 1.807) is 37.4 Å². The Kier molecular flexibility index (Phi) is 7.36. The fraction of sp³-hybridized carbons (Fsp3) is 0.348. The molecule has 5 nitrogen and oxygen atoms in total. The number of halogens is 4. The van der Waals surface area contributed by atoms with E-state index in [0.29, 0.717) is 42.6 Å². The molecule has 1 aliphatic rings. The molecule has 1 amide bonds. The van der Waals surface area contributed by atoms with Gasteiger partial charge < -0.3 is 19.5 Å². The molecule has 1 saturated heterocycles. The Hall–Kier alpha value is -2.71. The molecular weight excluding hydrogens is 443 g/mol. The summed E-state index contributed by atoms with van der Waals surface area (Å²) in [7, 11) is 1.61. The number of benzene rings is 1. The van der Waals surface area contributed by atoms with Crippen LogP contribution in [0.1, 0.15) is 21.7 Å². The highest BCUT2D eigenvalue weighted by Crippen LogP contribution is 2.42. The summed E-state index contributed by atoms with van der Waals surface area (Å²) in [6, 6.07) is 6.45. The van der Waals surface area contributed by atoms with Crippen molar-refractivity contribution in [1.29, 1.82) is 0 Å². The summed E-state index contributed by atoms with van der Waals surface area (Å²) in [5.74, 6) is -0.467. The number of hydrogen-bond acceptors (Lipinski definition) is 3. The molecule has 0 atom stereocenters. The van der Waals surface area contributed by atoms with Gasteiger partial charge in [0.1, 0.15) is 11.4 Å². The number of likely N-dealkylation sites (N-methyl/N-ethyl adjacent to an activating group) is 1. The third kappa shape index (κ3) is 4.86. The zero-order valence-electron chi connectivity index (χ0n) is 17.9. The predicted octanol–water partition coefficient (Wildman–Crippen LogP) is 4.90. The Morgan fingerprint density at radius 2 is 1.88 bits per heavy atom. The first kappa shape index (κ1) is 23.9. The lowest BCUT2D eigenvalue weighted by atomic mass is 10.00. The van der Waals surface area contributed by atoms with Gasteiger partial charge in [-0.3, -0.25) is 4.79 Å². The SMILES string of the molecule is C=C/C=C(/Cn1c(C(=O)N2CCOCC2)c(-c2ccc(Cl)cc2)c(C)c1C(F)(F)F)NC. The Balaban J connectivity index is 2.31. The van der Waals surface area contributed by atoms with Crippen molar-refractivity contribution in [3.8, 4) is 11.1 Å². The Morgan fingerprint density at radius 3 is 2.41 bits per heavy atom. The van der Waals surface area contributed by atoms with Gasteiger partial charge in [-0.05, 0) is 36.3 Å². The number of alkyl halides is 3. The maximum absolute atomic E-state index is 14.3. The summed E-state index contributed by atoms with van der Waals surface area (Å²) >= 11 is 6.00. The van der Waals surface area contributed by atoms with Crippen LogP contribution in [-0.2, 0) is 17.5 Å². The van der Waals surface area contributed by atoms with Crippen molar-refractivity contribution >= 4 is 17.5 Å². The smallest absolute Gasteiger partial charge is 0.390 e. The van der Waals surface area contributed by atoms with Crippen LogP contribution in [0.3, 0.4) is 0 Å². The quantitative estimate of drug-likeness (QED) is 0.615. The number of amides is 1. The highest BCUT2D eigenvalue weighted by Gasteiger charge is 2.42. The minimum atomic E-state index is -4.66. The normalized spacial score (nSPS) is 15.1. The van der Waals surface area contributed by atoms with Gasteiger partial charge in [0.2, 0.25) is 0 Å². The van der Waals surface area contributed by atoms with Crippen molar-refractivity contribution in [2.75, 3.05) is 33.4 Å². The van der Waals surface area contributed by atoms with Crippen molar-refractivity contribution in [2.45, 2.75) is 19.6 Å². The van der Waals surface area contributed by atoms with E-state index in [9.17, 15) is 18.0 Å². The molecule has 32 heavy (non-hydrogen) atoms. The van der Waals surface area contributed by atoms with E-state index in [1.807, 2.05) is 0 Å². The molecule has 0 aliphatic carbocycles. The van der Waals surface area contributed by atoms with Crippen LogP contribution < -0.4 is 5.32 Å². The first-order valence-electron chi connectivity index (χ1n) is 10.1. The molecule has 1 aromatic carbocycles. The monoisotopic (exact) mass is 467 g/mol. The minimum absolute atomic E-state index is 0.00881. The van der Waals surface area contributed by atoms with Crippen molar-refractivity contribution < 1.29 is 22.7 Å². The number of nitrogens with zero attached hydrogens (tertiary/aromatic N) is 2. The number of hydrogen-bond donors (Lipinski definition) is 1. The van der Waals surface area contributed by atoms with Gasteiger partial charge in [0, 0.05) is 36.4 Å². The number of rotatable bonds is 6. The lowest BCUT2D eigenvalue weighted by Gasteiger charge is -2.28. The Bertz CT molecular complexity index is 1020. The van der Waals surface area contributed by atoms with Crippen molar-refractivity contribution in [3.05, 3.63) is 70.7 Å². The molecule has 172 valence electrons. The number of aromatic nitrogens is 1. The van der Waals surface area contributed by atoms with Gasteiger partial charge in [0.25, 0.3) is 5.91 Å². The Labute approximate surface area is 190 Å². The van der Waals surface area contributed by atoms with Gasteiger partial charge in [0.05, 0.1) is 19.8 Å². The molecular formula is C23H25ClF3N3O2. The molecule has 0 unspecified atom stereocenters. The van der Waals surface area contributed by atoms with E-state index in [2.05, 4.69) is 11.9 Å². The van der Waals surface area contributed by atoms with Gasteiger partial charge in [-0.2, -0.15) is 13.2 Å². The average molecular weight is 468 g/mol. The van der Waals surface area contributed by atoms with Crippen LogP contribution in [0.4, 0.5) is 13.2 Å². The molecule has 9 heteroatoms. The molecule has 1 N–H and O–H groups in total. The summed E-state index contributed by atoms with van der Waals surface area (Å²) in [6.45, 7) is 6.15. The Morgan fingerprint density at radius 1 is 1.25 bits per heavy atom. The topological polar surface area (TPSA) is 46.5 Å². The van der Waals surface area contributed by atoms with Gasteiger partial charge in [-0.1, -0.05) is 36.4 Å². The second-order valence-electron chi connectivity index (χ2n) is 7.37. The standard InChI is InChI=1S/C23H25ClF3N3O2/c1-4-5-18(28-3)14-30-20(22(31)29-10-12-32-13-11-29)19(15(2)21(30)23(25,26)27)16-6-8-17(24)9-7-16/h4-9,28H,1,10-14H2,2-3H3/b18-5-. The van der Waals surface area contributed by atoms with Crippen LogP contribution in [0, 0.1) is 6.92 Å². The minimum Gasteiger partial charge on any atom is -0.390 e. The van der Waals surface area contributed by atoms with Crippen molar-refractivity contribution in [1.82, 2.24) is 14.8 Å². The average Bonchev–Trinajstić information content (AvgIpc) is 3.06. The van der Waals surface area contributed by atoms with E-state index in [-0.39, 0.29) is 23.4 Å². The molecule has 1 fully saturated rings. The molecule has 1 aromatic heterocycles. The van der Waals surface area contributed by atoms with Crippen LogP contribution in [0.5, 0.6) is 0 Å². The van der Waals surface area contributed by atoms with Gasteiger partial charge >= 0.3 is 6.18 Å². The van der Waals surface area contributed by atoms with Gasteiger partial charge in [-0.15, -0.1) is 0 Å².